The molecule has 26 heavy (non-hydrogen) atoms. The zero-order valence-corrected chi connectivity index (χ0v) is 14.0. The summed E-state index contributed by atoms with van der Waals surface area (Å²) in [5.41, 5.74) is 5.88. The van der Waals surface area contributed by atoms with Gasteiger partial charge in [0.2, 0.25) is 0 Å². The molecular formula is C22H16N4. The van der Waals surface area contributed by atoms with Gasteiger partial charge in [-0.2, -0.15) is 5.11 Å². The quantitative estimate of drug-likeness (QED) is 0.415. The maximum absolute atomic E-state index is 4.53. The maximum atomic E-state index is 4.53. The molecule has 2 aromatic carbocycles. The summed E-state index contributed by atoms with van der Waals surface area (Å²) in [5.74, 6) is 0. The zero-order valence-electron chi connectivity index (χ0n) is 14.0. The zero-order chi connectivity index (χ0) is 17.6. The van der Waals surface area contributed by atoms with Crippen LogP contribution in [0.2, 0.25) is 0 Å². The fourth-order valence-corrected chi connectivity index (χ4v) is 2.72. The van der Waals surface area contributed by atoms with Gasteiger partial charge in [-0.05, 0) is 59.2 Å². The van der Waals surface area contributed by atoms with Gasteiger partial charge in [-0.3, -0.25) is 9.97 Å². The third kappa shape index (κ3) is 3.54. The number of nitrogens with zero attached hydrogens (tertiary/aromatic N) is 4. The van der Waals surface area contributed by atoms with E-state index in [1.54, 1.807) is 24.8 Å². The van der Waals surface area contributed by atoms with Gasteiger partial charge in [-0.1, -0.05) is 30.3 Å². The largest absolute Gasteiger partial charge is 0.265 e. The van der Waals surface area contributed by atoms with Crippen LogP contribution in [0.25, 0.3) is 22.3 Å². The number of azo groups is 1. The van der Waals surface area contributed by atoms with E-state index in [1.165, 1.54) is 0 Å². The van der Waals surface area contributed by atoms with Crippen molar-refractivity contribution >= 4 is 11.4 Å². The summed E-state index contributed by atoms with van der Waals surface area (Å²) >= 11 is 0. The van der Waals surface area contributed by atoms with Gasteiger partial charge in [-0.15, -0.1) is 5.11 Å². The van der Waals surface area contributed by atoms with Crippen LogP contribution in [0.15, 0.2) is 108 Å². The van der Waals surface area contributed by atoms with Gasteiger partial charge in [0.1, 0.15) is 0 Å². The molecule has 0 unspecified atom stereocenters. The molecule has 2 aromatic heterocycles. The van der Waals surface area contributed by atoms with Crippen LogP contribution >= 0.6 is 0 Å². The van der Waals surface area contributed by atoms with E-state index in [0.29, 0.717) is 0 Å². The van der Waals surface area contributed by atoms with Crippen molar-refractivity contribution in [2.45, 2.75) is 0 Å². The minimum Gasteiger partial charge on any atom is -0.265 e. The Morgan fingerprint density at radius 1 is 0.538 bits per heavy atom. The van der Waals surface area contributed by atoms with E-state index in [2.05, 4.69) is 38.4 Å². The van der Waals surface area contributed by atoms with Crippen LogP contribution in [0, 0.1) is 0 Å². The van der Waals surface area contributed by atoms with Crippen LogP contribution in [-0.2, 0) is 0 Å². The van der Waals surface area contributed by atoms with Crippen LogP contribution in [0.4, 0.5) is 11.4 Å². The number of hydrogen-bond donors (Lipinski definition) is 0. The normalized spacial score (nSPS) is 10.9. The molecule has 0 saturated carbocycles. The lowest BCUT2D eigenvalue weighted by molar-refractivity contribution is 1.23. The monoisotopic (exact) mass is 336 g/mol. The average Bonchev–Trinajstić information content (AvgIpc) is 2.74. The molecule has 4 aromatic rings. The van der Waals surface area contributed by atoms with Crippen LogP contribution in [0.3, 0.4) is 0 Å². The van der Waals surface area contributed by atoms with E-state index < -0.39 is 0 Å². The molecule has 0 aliphatic rings. The molecule has 0 radical (unpaired) electrons. The standard InChI is InChI=1S/C22H16N4/c1-2-4-20(5-3-1)25-26-22-16-19(17-8-12-23-13-9-17)6-7-21(22)18-10-14-24-15-11-18/h1-16H. The predicted octanol–water partition coefficient (Wildman–Crippen LogP) is 6.23. The van der Waals surface area contributed by atoms with Crippen molar-refractivity contribution < 1.29 is 0 Å². The SMILES string of the molecule is c1ccc(N=Nc2cc(-c3ccncc3)ccc2-c2ccncc2)cc1. The van der Waals surface area contributed by atoms with E-state index in [-0.39, 0.29) is 0 Å². The minimum atomic E-state index is 0.814. The van der Waals surface area contributed by atoms with Crippen molar-refractivity contribution in [2.24, 2.45) is 10.2 Å². The van der Waals surface area contributed by atoms with E-state index in [0.717, 1.165) is 33.6 Å². The first kappa shape index (κ1) is 15.8. The van der Waals surface area contributed by atoms with Gasteiger partial charge >= 0.3 is 0 Å². The maximum Gasteiger partial charge on any atom is 0.0941 e. The van der Waals surface area contributed by atoms with Gasteiger partial charge in [-0.25, -0.2) is 0 Å². The fourth-order valence-electron chi connectivity index (χ4n) is 2.72. The Kier molecular flexibility index (Phi) is 4.56. The van der Waals surface area contributed by atoms with Crippen molar-refractivity contribution in [3.63, 3.8) is 0 Å². The highest BCUT2D eigenvalue weighted by molar-refractivity contribution is 5.80. The molecule has 2 heterocycles. The van der Waals surface area contributed by atoms with Gasteiger partial charge in [0.25, 0.3) is 0 Å². The Labute approximate surface area is 151 Å². The summed E-state index contributed by atoms with van der Waals surface area (Å²) in [4.78, 5) is 8.18. The Hall–Kier alpha value is -3.66. The summed E-state index contributed by atoms with van der Waals surface area (Å²) in [7, 11) is 0. The first-order valence-corrected chi connectivity index (χ1v) is 8.32. The lowest BCUT2D eigenvalue weighted by atomic mass is 9.99. The number of pyridine rings is 2. The molecule has 0 aliphatic heterocycles. The van der Waals surface area contributed by atoms with Gasteiger partial charge < -0.3 is 0 Å². The second-order valence-electron chi connectivity index (χ2n) is 5.74. The Morgan fingerprint density at radius 3 is 1.88 bits per heavy atom. The minimum absolute atomic E-state index is 0.814. The highest BCUT2D eigenvalue weighted by Gasteiger charge is 2.08. The Bertz CT molecular complexity index is 1010. The fraction of sp³-hybridized carbons (Fsp3) is 0. The van der Waals surface area contributed by atoms with Gasteiger partial charge in [0.15, 0.2) is 0 Å². The summed E-state index contributed by atoms with van der Waals surface area (Å²) in [6.07, 6.45) is 7.14. The summed E-state index contributed by atoms with van der Waals surface area (Å²) in [6.45, 7) is 0. The highest BCUT2D eigenvalue weighted by atomic mass is 15.1. The summed E-state index contributed by atoms with van der Waals surface area (Å²) in [5, 5.41) is 8.92. The second-order valence-corrected chi connectivity index (χ2v) is 5.74. The molecule has 0 amide bonds. The topological polar surface area (TPSA) is 50.5 Å². The second kappa shape index (κ2) is 7.49. The van der Waals surface area contributed by atoms with E-state index >= 15 is 0 Å². The van der Waals surface area contributed by atoms with Crippen LogP contribution in [0.5, 0.6) is 0 Å². The summed E-state index contributed by atoms with van der Waals surface area (Å²) < 4.78 is 0. The van der Waals surface area contributed by atoms with Crippen molar-refractivity contribution in [1.82, 2.24) is 9.97 Å². The molecule has 0 aliphatic carbocycles. The molecule has 0 saturated heterocycles. The van der Waals surface area contributed by atoms with E-state index in [1.807, 2.05) is 54.6 Å². The number of aromatic nitrogens is 2. The highest BCUT2D eigenvalue weighted by Crippen LogP contribution is 2.35. The Balaban J connectivity index is 1.80. The van der Waals surface area contributed by atoms with Crippen molar-refractivity contribution in [2.75, 3.05) is 0 Å². The van der Waals surface area contributed by atoms with E-state index in [9.17, 15) is 0 Å². The smallest absolute Gasteiger partial charge is 0.0941 e. The average molecular weight is 336 g/mol. The van der Waals surface area contributed by atoms with Gasteiger partial charge in [0.05, 0.1) is 11.4 Å². The summed E-state index contributed by atoms with van der Waals surface area (Å²) in [6, 6.07) is 23.9. The third-order valence-electron chi connectivity index (χ3n) is 4.03. The first-order valence-electron chi connectivity index (χ1n) is 8.32. The van der Waals surface area contributed by atoms with Crippen molar-refractivity contribution in [3.8, 4) is 22.3 Å². The van der Waals surface area contributed by atoms with Crippen molar-refractivity contribution in [1.29, 1.82) is 0 Å². The number of rotatable bonds is 4. The number of hydrogen-bond acceptors (Lipinski definition) is 4. The lowest BCUT2D eigenvalue weighted by Gasteiger charge is -2.08. The van der Waals surface area contributed by atoms with Crippen LogP contribution in [-0.4, -0.2) is 9.97 Å². The van der Waals surface area contributed by atoms with Crippen molar-refractivity contribution in [3.05, 3.63) is 97.6 Å². The molecule has 0 fully saturated rings. The lowest BCUT2D eigenvalue weighted by Crippen LogP contribution is -1.83. The third-order valence-corrected chi connectivity index (χ3v) is 4.03. The molecular weight excluding hydrogens is 320 g/mol. The molecule has 0 spiro atoms. The molecule has 0 N–H and O–H groups in total. The molecule has 4 nitrogen and oxygen atoms in total. The van der Waals surface area contributed by atoms with E-state index in [4.69, 9.17) is 0 Å². The Morgan fingerprint density at radius 2 is 1.19 bits per heavy atom. The molecule has 4 rings (SSSR count). The van der Waals surface area contributed by atoms with Crippen LogP contribution in [0.1, 0.15) is 0 Å². The first-order chi connectivity index (χ1) is 12.9. The molecule has 0 bridgehead atoms. The predicted molar refractivity (Wildman–Crippen MR) is 104 cm³/mol. The molecule has 0 atom stereocenters. The van der Waals surface area contributed by atoms with Gasteiger partial charge in [0, 0.05) is 30.4 Å². The molecule has 124 valence electrons. The number of benzene rings is 2. The van der Waals surface area contributed by atoms with Crippen LogP contribution < -0.4 is 0 Å². The molecule has 4 heteroatoms.